The Balaban J connectivity index is 2.24. The van der Waals surface area contributed by atoms with Gasteiger partial charge in [0.2, 0.25) is 0 Å². The van der Waals surface area contributed by atoms with Crippen LogP contribution in [0.3, 0.4) is 0 Å². The van der Waals surface area contributed by atoms with E-state index in [9.17, 15) is 18.3 Å². The van der Waals surface area contributed by atoms with Gasteiger partial charge >= 0.3 is 6.18 Å². The Morgan fingerprint density at radius 2 is 2.18 bits per heavy atom. The van der Waals surface area contributed by atoms with Crippen LogP contribution in [0, 0.1) is 0 Å². The Hall–Kier alpha value is -0.330. The number of likely N-dealkylation sites (N-methyl/N-ethyl adjacent to an activating group) is 1. The Morgan fingerprint density at radius 1 is 1.47 bits per heavy atom. The van der Waals surface area contributed by atoms with E-state index in [2.05, 4.69) is 4.90 Å². The summed E-state index contributed by atoms with van der Waals surface area (Å²) in [5.74, 6) is 0. The molecule has 0 bridgehead atoms. The Morgan fingerprint density at radius 3 is 2.76 bits per heavy atom. The highest BCUT2D eigenvalue weighted by Gasteiger charge is 2.29. The molecule has 1 saturated heterocycles. The van der Waals surface area contributed by atoms with E-state index in [1.54, 1.807) is 0 Å². The molecule has 0 radical (unpaired) electrons. The fourth-order valence-corrected chi connectivity index (χ4v) is 1.95. The van der Waals surface area contributed by atoms with Crippen LogP contribution in [-0.4, -0.2) is 54.6 Å². The number of hydrogen-bond acceptors (Lipinski definition) is 3. The first-order valence-corrected chi connectivity index (χ1v) is 6.01. The molecule has 102 valence electrons. The van der Waals surface area contributed by atoms with Gasteiger partial charge in [0.25, 0.3) is 0 Å². The van der Waals surface area contributed by atoms with Gasteiger partial charge in [-0.25, -0.2) is 0 Å². The number of alkyl halides is 3. The molecule has 2 unspecified atom stereocenters. The number of hydrogen-bond donors (Lipinski definition) is 1. The SMILES string of the molecule is CCN1CCOC(C(O)CCCC(F)(F)F)C1. The monoisotopic (exact) mass is 255 g/mol. The molecule has 1 N–H and O–H groups in total. The number of halogens is 3. The molecule has 1 fully saturated rings. The molecule has 0 amide bonds. The molecule has 0 saturated carbocycles. The molecule has 1 rings (SSSR count). The summed E-state index contributed by atoms with van der Waals surface area (Å²) < 4.78 is 41.2. The highest BCUT2D eigenvalue weighted by Crippen LogP contribution is 2.23. The standard InChI is InChI=1S/C11H20F3NO2/c1-2-15-6-7-17-10(8-15)9(16)4-3-5-11(12,13)14/h9-10,16H,2-8H2,1H3. The van der Waals surface area contributed by atoms with E-state index in [0.717, 1.165) is 13.1 Å². The summed E-state index contributed by atoms with van der Waals surface area (Å²) in [6, 6.07) is 0. The second-order valence-corrected chi connectivity index (χ2v) is 4.38. The fraction of sp³-hybridized carbons (Fsp3) is 1.00. The third-order valence-corrected chi connectivity index (χ3v) is 3.01. The van der Waals surface area contributed by atoms with Crippen molar-refractivity contribution in [2.45, 2.75) is 44.6 Å². The number of aliphatic hydroxyl groups is 1. The molecule has 0 spiro atoms. The van der Waals surface area contributed by atoms with Gasteiger partial charge in [-0.3, -0.25) is 4.90 Å². The quantitative estimate of drug-likeness (QED) is 0.813. The Bertz CT molecular complexity index is 223. The maximum absolute atomic E-state index is 11.9. The van der Waals surface area contributed by atoms with Gasteiger partial charge in [-0.15, -0.1) is 0 Å². The third kappa shape index (κ3) is 5.70. The van der Waals surface area contributed by atoms with Crippen LogP contribution in [0.2, 0.25) is 0 Å². The lowest BCUT2D eigenvalue weighted by molar-refractivity contribution is -0.139. The summed E-state index contributed by atoms with van der Waals surface area (Å²) in [5.41, 5.74) is 0. The van der Waals surface area contributed by atoms with E-state index < -0.39 is 18.7 Å². The first-order valence-electron chi connectivity index (χ1n) is 6.01. The highest BCUT2D eigenvalue weighted by molar-refractivity contribution is 4.77. The second kappa shape index (κ2) is 6.56. The van der Waals surface area contributed by atoms with Crippen molar-refractivity contribution in [3.05, 3.63) is 0 Å². The van der Waals surface area contributed by atoms with Gasteiger partial charge < -0.3 is 9.84 Å². The summed E-state index contributed by atoms with van der Waals surface area (Å²) >= 11 is 0. The van der Waals surface area contributed by atoms with Gasteiger partial charge in [0.05, 0.1) is 18.8 Å². The van der Waals surface area contributed by atoms with E-state index in [-0.39, 0.29) is 18.9 Å². The summed E-state index contributed by atoms with van der Waals surface area (Å²) in [4.78, 5) is 2.13. The lowest BCUT2D eigenvalue weighted by Crippen LogP contribution is -2.47. The third-order valence-electron chi connectivity index (χ3n) is 3.01. The predicted octanol–water partition coefficient (Wildman–Crippen LogP) is 1.80. The lowest BCUT2D eigenvalue weighted by atomic mass is 10.1. The van der Waals surface area contributed by atoms with Gasteiger partial charge in [0.15, 0.2) is 0 Å². The number of nitrogens with zero attached hydrogens (tertiary/aromatic N) is 1. The summed E-state index contributed by atoms with van der Waals surface area (Å²) in [7, 11) is 0. The Labute approximate surface area is 99.5 Å². The zero-order chi connectivity index (χ0) is 12.9. The first kappa shape index (κ1) is 14.7. The minimum absolute atomic E-state index is 0.0450. The van der Waals surface area contributed by atoms with Crippen molar-refractivity contribution in [3.8, 4) is 0 Å². The van der Waals surface area contributed by atoms with E-state index in [0.29, 0.717) is 13.2 Å². The van der Waals surface area contributed by atoms with Gasteiger partial charge in [-0.2, -0.15) is 13.2 Å². The summed E-state index contributed by atoms with van der Waals surface area (Å²) in [6.45, 7) is 4.84. The summed E-state index contributed by atoms with van der Waals surface area (Å²) in [6.07, 6.45) is -6.03. The van der Waals surface area contributed by atoms with Crippen LogP contribution in [0.4, 0.5) is 13.2 Å². The van der Waals surface area contributed by atoms with Crippen LogP contribution in [0.25, 0.3) is 0 Å². The minimum atomic E-state index is -4.14. The first-order chi connectivity index (χ1) is 7.92. The van der Waals surface area contributed by atoms with Crippen molar-refractivity contribution in [2.24, 2.45) is 0 Å². The molecule has 6 heteroatoms. The topological polar surface area (TPSA) is 32.7 Å². The van der Waals surface area contributed by atoms with Crippen LogP contribution in [0.15, 0.2) is 0 Å². The fourth-order valence-electron chi connectivity index (χ4n) is 1.95. The summed E-state index contributed by atoms with van der Waals surface area (Å²) in [5, 5.41) is 9.77. The lowest BCUT2D eigenvalue weighted by Gasteiger charge is -2.34. The van der Waals surface area contributed by atoms with Crippen molar-refractivity contribution < 1.29 is 23.0 Å². The zero-order valence-electron chi connectivity index (χ0n) is 10.0. The van der Waals surface area contributed by atoms with Crippen LogP contribution >= 0.6 is 0 Å². The molecule has 0 aromatic carbocycles. The molecule has 1 aliphatic heterocycles. The van der Waals surface area contributed by atoms with Crippen LogP contribution in [-0.2, 0) is 4.74 Å². The Kier molecular flexibility index (Phi) is 5.69. The van der Waals surface area contributed by atoms with Crippen molar-refractivity contribution >= 4 is 0 Å². The molecule has 0 aromatic heterocycles. The van der Waals surface area contributed by atoms with Crippen molar-refractivity contribution in [1.82, 2.24) is 4.90 Å². The second-order valence-electron chi connectivity index (χ2n) is 4.38. The molecule has 17 heavy (non-hydrogen) atoms. The van der Waals surface area contributed by atoms with Gasteiger partial charge in [0, 0.05) is 19.5 Å². The zero-order valence-corrected chi connectivity index (χ0v) is 10.0. The van der Waals surface area contributed by atoms with Crippen LogP contribution in [0.1, 0.15) is 26.2 Å². The maximum atomic E-state index is 11.9. The smallest absolute Gasteiger partial charge is 0.389 e. The molecule has 3 nitrogen and oxygen atoms in total. The predicted molar refractivity (Wildman–Crippen MR) is 57.8 cm³/mol. The van der Waals surface area contributed by atoms with E-state index in [4.69, 9.17) is 4.74 Å². The number of ether oxygens (including phenoxy) is 1. The van der Waals surface area contributed by atoms with Crippen molar-refractivity contribution in [1.29, 1.82) is 0 Å². The van der Waals surface area contributed by atoms with Crippen LogP contribution < -0.4 is 0 Å². The average molecular weight is 255 g/mol. The molecule has 2 atom stereocenters. The minimum Gasteiger partial charge on any atom is -0.390 e. The van der Waals surface area contributed by atoms with Gasteiger partial charge in [0.1, 0.15) is 0 Å². The van der Waals surface area contributed by atoms with Crippen molar-refractivity contribution in [3.63, 3.8) is 0 Å². The largest absolute Gasteiger partial charge is 0.390 e. The highest BCUT2D eigenvalue weighted by atomic mass is 19.4. The van der Waals surface area contributed by atoms with E-state index >= 15 is 0 Å². The number of rotatable bonds is 5. The van der Waals surface area contributed by atoms with Gasteiger partial charge in [-0.05, 0) is 19.4 Å². The molecule has 0 aromatic rings. The average Bonchev–Trinajstić information content (AvgIpc) is 2.27. The van der Waals surface area contributed by atoms with E-state index in [1.807, 2.05) is 6.92 Å². The van der Waals surface area contributed by atoms with Crippen molar-refractivity contribution in [2.75, 3.05) is 26.2 Å². The normalized spacial score (nSPS) is 24.9. The number of aliphatic hydroxyl groups excluding tert-OH is 1. The van der Waals surface area contributed by atoms with E-state index in [1.165, 1.54) is 0 Å². The molecule has 0 aliphatic carbocycles. The molecular weight excluding hydrogens is 235 g/mol. The molecule has 1 heterocycles. The molecular formula is C11H20F3NO2. The van der Waals surface area contributed by atoms with Crippen LogP contribution in [0.5, 0.6) is 0 Å². The number of morpholine rings is 1. The maximum Gasteiger partial charge on any atom is 0.389 e. The molecule has 1 aliphatic rings. The van der Waals surface area contributed by atoms with Gasteiger partial charge in [-0.1, -0.05) is 6.92 Å².